The van der Waals surface area contributed by atoms with E-state index in [1.165, 1.54) is 19.2 Å². The van der Waals surface area contributed by atoms with Gasteiger partial charge in [-0.15, -0.1) is 0 Å². The Morgan fingerprint density at radius 1 is 1.19 bits per heavy atom. The summed E-state index contributed by atoms with van der Waals surface area (Å²) < 4.78 is 33.1. The van der Waals surface area contributed by atoms with Gasteiger partial charge >= 0.3 is 5.97 Å². The zero-order chi connectivity index (χ0) is 23.6. The minimum Gasteiger partial charge on any atom is -0.468 e. The summed E-state index contributed by atoms with van der Waals surface area (Å²) in [7, 11) is -3.10. The number of rotatable bonds is 6. The lowest BCUT2D eigenvalue weighted by molar-refractivity contribution is -0.141. The number of nitrogens with zero attached hydrogens (tertiary/aromatic N) is 1. The highest BCUT2D eigenvalue weighted by atomic mass is 35.5. The van der Waals surface area contributed by atoms with E-state index < -0.39 is 46.8 Å². The van der Waals surface area contributed by atoms with Crippen LogP contribution in [0.2, 0.25) is 5.02 Å². The standard InChI is InChI=1S/C21H22ClN3O6S/c1-12-8-14(22)9-13(2)20(12)32(29,30)25-16-7-5-4-6-15(16)24-21(28)17(25)10-18(26)23-11-19(27)31-3/h4-9,17H,10-11H2,1-3H3,(H,23,26)(H,24,28). The van der Waals surface area contributed by atoms with Gasteiger partial charge in [0.15, 0.2) is 0 Å². The number of ether oxygens (including phenoxy) is 1. The second-order valence-corrected chi connectivity index (χ2v) is 9.44. The Kier molecular flexibility index (Phi) is 6.75. The van der Waals surface area contributed by atoms with Crippen molar-refractivity contribution in [3.8, 4) is 0 Å². The molecule has 0 spiro atoms. The fourth-order valence-electron chi connectivity index (χ4n) is 3.63. The van der Waals surface area contributed by atoms with Gasteiger partial charge in [0, 0.05) is 5.02 Å². The van der Waals surface area contributed by atoms with Crippen LogP contribution >= 0.6 is 11.6 Å². The second kappa shape index (κ2) is 9.17. The minimum absolute atomic E-state index is 0.00590. The number of aryl methyl sites for hydroxylation is 2. The maximum atomic E-state index is 13.8. The fourth-order valence-corrected chi connectivity index (χ4v) is 6.01. The maximum absolute atomic E-state index is 13.8. The molecule has 0 radical (unpaired) electrons. The first-order valence-electron chi connectivity index (χ1n) is 9.61. The fraction of sp³-hybridized carbons (Fsp3) is 0.286. The number of hydrogen-bond donors (Lipinski definition) is 2. The third kappa shape index (κ3) is 4.56. The van der Waals surface area contributed by atoms with E-state index in [1.54, 1.807) is 38.1 Å². The third-order valence-corrected chi connectivity index (χ3v) is 7.31. The van der Waals surface area contributed by atoms with Crippen molar-refractivity contribution in [3.63, 3.8) is 0 Å². The van der Waals surface area contributed by atoms with Crippen LogP contribution in [-0.2, 0) is 29.1 Å². The average molecular weight is 480 g/mol. The number of benzene rings is 2. The number of sulfonamides is 1. The number of esters is 1. The number of nitrogens with one attached hydrogen (secondary N) is 2. The van der Waals surface area contributed by atoms with Gasteiger partial charge in [-0.3, -0.25) is 18.7 Å². The summed E-state index contributed by atoms with van der Waals surface area (Å²) in [5, 5.41) is 5.36. The van der Waals surface area contributed by atoms with Gasteiger partial charge in [0.1, 0.15) is 12.6 Å². The predicted octanol–water partition coefficient (Wildman–Crippen LogP) is 2.15. The van der Waals surface area contributed by atoms with Gasteiger partial charge in [0.2, 0.25) is 11.8 Å². The normalized spacial score (nSPS) is 15.6. The molecule has 0 saturated carbocycles. The minimum atomic E-state index is -4.27. The van der Waals surface area contributed by atoms with Crippen LogP contribution in [0.25, 0.3) is 0 Å². The molecule has 2 amide bonds. The molecule has 2 aromatic rings. The lowest BCUT2D eigenvalue weighted by atomic mass is 10.1. The SMILES string of the molecule is COC(=O)CNC(=O)CC1C(=O)Nc2ccccc2N1S(=O)(=O)c1c(C)cc(Cl)cc1C. The molecule has 0 aromatic heterocycles. The molecule has 0 saturated heterocycles. The van der Waals surface area contributed by atoms with Crippen molar-refractivity contribution >= 4 is 50.8 Å². The maximum Gasteiger partial charge on any atom is 0.325 e. The number of carbonyl (C=O) groups is 3. The number of methoxy groups -OCH3 is 1. The summed E-state index contributed by atoms with van der Waals surface area (Å²) in [6.45, 7) is 2.82. The number of hydrogen-bond acceptors (Lipinski definition) is 6. The lowest BCUT2D eigenvalue weighted by Gasteiger charge is -2.37. The van der Waals surface area contributed by atoms with Crippen molar-refractivity contribution in [1.82, 2.24) is 5.32 Å². The van der Waals surface area contributed by atoms with Crippen molar-refractivity contribution in [2.75, 3.05) is 23.3 Å². The largest absolute Gasteiger partial charge is 0.468 e. The Balaban J connectivity index is 2.08. The zero-order valence-electron chi connectivity index (χ0n) is 17.6. The highest BCUT2D eigenvalue weighted by Gasteiger charge is 2.43. The smallest absolute Gasteiger partial charge is 0.325 e. The van der Waals surface area contributed by atoms with Crippen molar-refractivity contribution in [3.05, 3.63) is 52.5 Å². The molecule has 11 heteroatoms. The van der Waals surface area contributed by atoms with Crippen LogP contribution in [0.15, 0.2) is 41.3 Å². The van der Waals surface area contributed by atoms with Gasteiger partial charge in [-0.25, -0.2) is 8.42 Å². The molecule has 1 unspecified atom stereocenters. The molecule has 0 aliphatic carbocycles. The quantitative estimate of drug-likeness (QED) is 0.612. The summed E-state index contributed by atoms with van der Waals surface area (Å²) >= 11 is 6.07. The number of anilines is 2. The Morgan fingerprint density at radius 3 is 2.44 bits per heavy atom. The molecule has 1 aliphatic heterocycles. The molecule has 9 nitrogen and oxygen atoms in total. The van der Waals surface area contributed by atoms with Crippen LogP contribution in [0.3, 0.4) is 0 Å². The van der Waals surface area contributed by atoms with Gasteiger partial charge in [0.25, 0.3) is 10.0 Å². The molecule has 1 atom stereocenters. The molecule has 0 bridgehead atoms. The average Bonchev–Trinajstić information content (AvgIpc) is 2.71. The van der Waals surface area contributed by atoms with Gasteiger partial charge in [-0.05, 0) is 49.2 Å². The van der Waals surface area contributed by atoms with E-state index in [9.17, 15) is 22.8 Å². The Bertz CT molecular complexity index is 1170. The van der Waals surface area contributed by atoms with Crippen molar-refractivity contribution < 1.29 is 27.5 Å². The van der Waals surface area contributed by atoms with Gasteiger partial charge in [0.05, 0.1) is 29.8 Å². The van der Waals surface area contributed by atoms with Crippen molar-refractivity contribution in [2.45, 2.75) is 31.2 Å². The first kappa shape index (κ1) is 23.6. The highest BCUT2D eigenvalue weighted by Crippen LogP contribution is 2.39. The molecule has 2 aromatic carbocycles. The monoisotopic (exact) mass is 479 g/mol. The van der Waals surface area contributed by atoms with Gasteiger partial charge in [-0.2, -0.15) is 0 Å². The number of carbonyl (C=O) groups excluding carboxylic acids is 3. The zero-order valence-corrected chi connectivity index (χ0v) is 19.2. The van der Waals surface area contributed by atoms with E-state index >= 15 is 0 Å². The number of para-hydroxylation sites is 2. The molecule has 170 valence electrons. The van der Waals surface area contributed by atoms with Crippen LogP contribution in [0.1, 0.15) is 17.5 Å². The number of amides is 2. The van der Waals surface area contributed by atoms with Gasteiger partial charge < -0.3 is 15.4 Å². The van der Waals surface area contributed by atoms with E-state index in [4.69, 9.17) is 11.6 Å². The summed E-state index contributed by atoms with van der Waals surface area (Å²) in [5.41, 5.74) is 1.35. The third-order valence-electron chi connectivity index (χ3n) is 4.96. The first-order valence-corrected chi connectivity index (χ1v) is 11.4. The molecule has 32 heavy (non-hydrogen) atoms. The molecule has 2 N–H and O–H groups in total. The van der Waals surface area contributed by atoms with Crippen LogP contribution in [0.5, 0.6) is 0 Å². The Morgan fingerprint density at radius 2 is 1.81 bits per heavy atom. The van der Waals surface area contributed by atoms with Crippen LogP contribution in [0, 0.1) is 13.8 Å². The second-order valence-electron chi connectivity index (χ2n) is 7.25. The van der Waals surface area contributed by atoms with Crippen LogP contribution in [0.4, 0.5) is 11.4 Å². The van der Waals surface area contributed by atoms with E-state index in [-0.39, 0.29) is 10.6 Å². The van der Waals surface area contributed by atoms with Crippen molar-refractivity contribution in [2.24, 2.45) is 0 Å². The summed E-state index contributed by atoms with van der Waals surface area (Å²) in [4.78, 5) is 36.6. The van der Waals surface area contributed by atoms with E-state index in [2.05, 4.69) is 15.4 Å². The Hall–Kier alpha value is -3.11. The number of halogens is 1. The van der Waals surface area contributed by atoms with E-state index in [1.807, 2.05) is 0 Å². The van der Waals surface area contributed by atoms with Crippen molar-refractivity contribution in [1.29, 1.82) is 0 Å². The van der Waals surface area contributed by atoms with E-state index in [0.29, 0.717) is 21.8 Å². The van der Waals surface area contributed by atoms with Crippen LogP contribution in [-0.4, -0.2) is 45.9 Å². The molecular weight excluding hydrogens is 458 g/mol. The van der Waals surface area contributed by atoms with E-state index in [0.717, 1.165) is 4.31 Å². The predicted molar refractivity (Wildman–Crippen MR) is 119 cm³/mol. The Labute approximate surface area is 190 Å². The topological polar surface area (TPSA) is 122 Å². The first-order chi connectivity index (χ1) is 15.1. The van der Waals surface area contributed by atoms with Crippen LogP contribution < -0.4 is 14.9 Å². The number of fused-ring (bicyclic) bond motifs is 1. The summed E-state index contributed by atoms with van der Waals surface area (Å²) in [6.07, 6.45) is -0.498. The highest BCUT2D eigenvalue weighted by molar-refractivity contribution is 7.93. The summed E-state index contributed by atoms with van der Waals surface area (Å²) in [6, 6.07) is 8.09. The molecule has 0 fully saturated rings. The molecule has 3 rings (SSSR count). The lowest BCUT2D eigenvalue weighted by Crippen LogP contribution is -2.53. The molecule has 1 heterocycles. The molecule has 1 aliphatic rings. The summed E-state index contributed by atoms with van der Waals surface area (Å²) in [5.74, 6) is -2.02. The molecular formula is C21H22ClN3O6S. The van der Waals surface area contributed by atoms with Gasteiger partial charge in [-0.1, -0.05) is 23.7 Å².